The van der Waals surface area contributed by atoms with Crippen LogP contribution in [0.2, 0.25) is 0 Å². The van der Waals surface area contributed by atoms with Gasteiger partial charge in [-0.3, -0.25) is 4.79 Å². The molecule has 2 rings (SSSR count). The van der Waals surface area contributed by atoms with Gasteiger partial charge in [-0.2, -0.15) is 5.26 Å². The van der Waals surface area contributed by atoms with E-state index < -0.39 is 5.92 Å². The third kappa shape index (κ3) is 3.24. The fraction of sp³-hybridized carbons (Fsp3) is 0.615. The van der Waals surface area contributed by atoms with Gasteiger partial charge < -0.3 is 9.80 Å². The van der Waals surface area contributed by atoms with Crippen molar-refractivity contribution in [3.8, 4) is 6.07 Å². The first-order valence-corrected chi connectivity index (χ1v) is 7.47. The number of hydrogen-bond acceptors (Lipinski definition) is 5. The molecule has 6 heteroatoms. The first-order valence-electron chi connectivity index (χ1n) is 6.59. The van der Waals surface area contributed by atoms with Gasteiger partial charge in [0.1, 0.15) is 5.92 Å². The van der Waals surface area contributed by atoms with Crippen LogP contribution in [0.5, 0.6) is 0 Å². The number of nitrogens with zero attached hydrogens (tertiary/aromatic N) is 4. The molecule has 0 saturated carbocycles. The maximum atomic E-state index is 12.2. The highest BCUT2D eigenvalue weighted by Gasteiger charge is 2.27. The molecule has 1 aliphatic heterocycles. The molecule has 1 unspecified atom stereocenters. The zero-order chi connectivity index (χ0) is 13.7. The number of nitriles is 1. The Hall–Kier alpha value is -1.61. The molecule has 0 aliphatic carbocycles. The van der Waals surface area contributed by atoms with Gasteiger partial charge in [-0.05, 0) is 6.42 Å². The van der Waals surface area contributed by atoms with Gasteiger partial charge >= 0.3 is 0 Å². The van der Waals surface area contributed by atoms with Crippen molar-refractivity contribution in [3.63, 3.8) is 0 Å². The minimum absolute atomic E-state index is 0.0110. The smallest absolute Gasteiger partial charge is 0.240 e. The van der Waals surface area contributed by atoms with Crippen molar-refractivity contribution < 1.29 is 4.79 Å². The molecule has 0 N–H and O–H groups in total. The Bertz CT molecular complexity index is 446. The number of thiazole rings is 1. The van der Waals surface area contributed by atoms with Gasteiger partial charge in [0.25, 0.3) is 0 Å². The minimum Gasteiger partial charge on any atom is -0.345 e. The van der Waals surface area contributed by atoms with Crippen LogP contribution in [0, 0.1) is 17.2 Å². The Morgan fingerprint density at radius 1 is 1.53 bits per heavy atom. The predicted molar refractivity (Wildman–Crippen MR) is 74.9 cm³/mol. The highest BCUT2D eigenvalue weighted by molar-refractivity contribution is 7.13. The van der Waals surface area contributed by atoms with Gasteiger partial charge in [-0.1, -0.05) is 13.3 Å². The fourth-order valence-electron chi connectivity index (χ4n) is 2.24. The lowest BCUT2D eigenvalue weighted by molar-refractivity contribution is -0.134. The van der Waals surface area contributed by atoms with Crippen LogP contribution in [0.1, 0.15) is 19.8 Å². The summed E-state index contributed by atoms with van der Waals surface area (Å²) in [5.74, 6) is -0.487. The number of carbonyl (C=O) groups excluding carboxylic acids is 1. The average molecular weight is 278 g/mol. The third-order valence-corrected chi connectivity index (χ3v) is 4.14. The number of aromatic nitrogens is 1. The quantitative estimate of drug-likeness (QED) is 0.841. The monoisotopic (exact) mass is 278 g/mol. The van der Waals surface area contributed by atoms with Gasteiger partial charge in [-0.15, -0.1) is 11.3 Å². The summed E-state index contributed by atoms with van der Waals surface area (Å²) in [6.07, 6.45) is 3.32. The maximum absolute atomic E-state index is 12.2. The van der Waals surface area contributed by atoms with Crippen LogP contribution >= 0.6 is 11.3 Å². The third-order valence-electron chi connectivity index (χ3n) is 3.31. The molecule has 1 amide bonds. The highest BCUT2D eigenvalue weighted by atomic mass is 32.1. The van der Waals surface area contributed by atoms with E-state index in [2.05, 4.69) is 16.0 Å². The van der Waals surface area contributed by atoms with Crippen molar-refractivity contribution in [2.24, 2.45) is 5.92 Å². The number of carbonyl (C=O) groups is 1. The van der Waals surface area contributed by atoms with E-state index in [0.29, 0.717) is 19.5 Å². The van der Waals surface area contributed by atoms with Gasteiger partial charge in [-0.25, -0.2) is 4.98 Å². The number of amides is 1. The van der Waals surface area contributed by atoms with E-state index in [0.717, 1.165) is 24.6 Å². The molecule has 1 aliphatic rings. The molecule has 0 radical (unpaired) electrons. The first kappa shape index (κ1) is 13.8. The summed E-state index contributed by atoms with van der Waals surface area (Å²) < 4.78 is 0. The van der Waals surface area contributed by atoms with E-state index in [1.807, 2.05) is 17.2 Å². The van der Waals surface area contributed by atoms with Gasteiger partial charge in [0, 0.05) is 37.8 Å². The minimum atomic E-state index is -0.476. The lowest BCUT2D eigenvalue weighted by atomic mass is 10.0. The molecule has 0 aromatic carbocycles. The average Bonchev–Trinajstić information content (AvgIpc) is 2.98. The van der Waals surface area contributed by atoms with Gasteiger partial charge in [0.05, 0.1) is 6.07 Å². The van der Waals surface area contributed by atoms with E-state index in [1.165, 1.54) is 0 Å². The Kier molecular flexibility index (Phi) is 4.74. The summed E-state index contributed by atoms with van der Waals surface area (Å²) in [5, 5.41) is 12.0. The van der Waals surface area contributed by atoms with E-state index in [4.69, 9.17) is 5.26 Å². The van der Waals surface area contributed by atoms with Crippen molar-refractivity contribution >= 4 is 22.4 Å². The normalized spacial score (nSPS) is 17.1. The van der Waals surface area contributed by atoms with Crippen molar-refractivity contribution in [3.05, 3.63) is 11.6 Å². The second-order valence-corrected chi connectivity index (χ2v) is 5.47. The summed E-state index contributed by atoms with van der Waals surface area (Å²) in [7, 11) is 0. The molecule has 0 bridgehead atoms. The summed E-state index contributed by atoms with van der Waals surface area (Å²) >= 11 is 1.62. The Morgan fingerprint density at radius 3 is 2.79 bits per heavy atom. The van der Waals surface area contributed by atoms with E-state index >= 15 is 0 Å². The Morgan fingerprint density at radius 2 is 2.26 bits per heavy atom. The molecule has 1 atom stereocenters. The molecule has 1 saturated heterocycles. The van der Waals surface area contributed by atoms with Crippen molar-refractivity contribution in [2.75, 3.05) is 31.1 Å². The molecular weight excluding hydrogens is 260 g/mol. The number of hydrogen-bond donors (Lipinski definition) is 0. The van der Waals surface area contributed by atoms with Crippen LogP contribution in [-0.2, 0) is 4.79 Å². The standard InChI is InChI=1S/C13H18N4OS/c1-2-3-11(10-14)12(18)16-5-7-17(8-6-16)13-15-4-9-19-13/h4,9,11H,2-3,5-8H2,1H3. The second kappa shape index (κ2) is 6.53. The summed E-state index contributed by atoms with van der Waals surface area (Å²) in [6, 6.07) is 2.12. The summed E-state index contributed by atoms with van der Waals surface area (Å²) in [4.78, 5) is 20.5. The number of rotatable bonds is 4. The molecule has 1 fully saturated rings. The lowest BCUT2D eigenvalue weighted by Crippen LogP contribution is -2.50. The van der Waals surface area contributed by atoms with Crippen LogP contribution in [0.25, 0.3) is 0 Å². The number of anilines is 1. The first-order chi connectivity index (χ1) is 9.26. The summed E-state index contributed by atoms with van der Waals surface area (Å²) in [5.41, 5.74) is 0. The second-order valence-electron chi connectivity index (χ2n) is 4.60. The topological polar surface area (TPSA) is 60.2 Å². The molecule has 1 aromatic heterocycles. The molecular formula is C13H18N4OS. The van der Waals surface area contributed by atoms with E-state index in [9.17, 15) is 4.79 Å². The van der Waals surface area contributed by atoms with E-state index in [1.54, 1.807) is 17.5 Å². The van der Waals surface area contributed by atoms with Crippen LogP contribution < -0.4 is 4.90 Å². The lowest BCUT2D eigenvalue weighted by Gasteiger charge is -2.35. The van der Waals surface area contributed by atoms with Crippen LogP contribution in [0.15, 0.2) is 11.6 Å². The van der Waals surface area contributed by atoms with Gasteiger partial charge in [0.2, 0.25) is 5.91 Å². The van der Waals surface area contributed by atoms with Crippen molar-refractivity contribution in [2.45, 2.75) is 19.8 Å². The zero-order valence-electron chi connectivity index (χ0n) is 11.1. The molecule has 102 valence electrons. The number of piperazine rings is 1. The van der Waals surface area contributed by atoms with Crippen LogP contribution in [0.3, 0.4) is 0 Å². The van der Waals surface area contributed by atoms with Crippen molar-refractivity contribution in [1.29, 1.82) is 5.26 Å². The molecule has 5 nitrogen and oxygen atoms in total. The largest absolute Gasteiger partial charge is 0.345 e. The van der Waals surface area contributed by atoms with Crippen LogP contribution in [0.4, 0.5) is 5.13 Å². The van der Waals surface area contributed by atoms with E-state index in [-0.39, 0.29) is 5.91 Å². The maximum Gasteiger partial charge on any atom is 0.240 e. The molecule has 2 heterocycles. The Labute approximate surface area is 117 Å². The molecule has 1 aromatic rings. The summed E-state index contributed by atoms with van der Waals surface area (Å²) in [6.45, 7) is 4.95. The van der Waals surface area contributed by atoms with Crippen LogP contribution in [-0.4, -0.2) is 42.0 Å². The Balaban J connectivity index is 1.89. The fourth-order valence-corrected chi connectivity index (χ4v) is 2.94. The molecule has 0 spiro atoms. The predicted octanol–water partition coefficient (Wildman–Crippen LogP) is 1.73. The zero-order valence-corrected chi connectivity index (χ0v) is 11.9. The van der Waals surface area contributed by atoms with Crippen molar-refractivity contribution in [1.82, 2.24) is 9.88 Å². The van der Waals surface area contributed by atoms with Gasteiger partial charge in [0.15, 0.2) is 5.13 Å². The SMILES string of the molecule is CCCC(C#N)C(=O)N1CCN(c2nccs2)CC1. The molecule has 19 heavy (non-hydrogen) atoms. The highest BCUT2D eigenvalue weighted by Crippen LogP contribution is 2.20.